The average Bonchev–Trinajstić information content (AvgIpc) is 2.31. The smallest absolute Gasteiger partial charge is 0.424 e. The molecule has 0 heterocycles. The predicted octanol–water partition coefficient (Wildman–Crippen LogP) is -0.702. The van der Waals surface area contributed by atoms with Gasteiger partial charge in [0.25, 0.3) is 0 Å². The first-order valence-corrected chi connectivity index (χ1v) is 7.33. The Hall–Kier alpha value is -0.480. The summed E-state index contributed by atoms with van der Waals surface area (Å²) in [5, 5.41) is 0. The van der Waals surface area contributed by atoms with E-state index < -0.39 is 59.5 Å². The van der Waals surface area contributed by atoms with Crippen LogP contribution in [-0.2, 0) is 20.0 Å². The van der Waals surface area contributed by atoms with Crippen molar-refractivity contribution in [1.29, 1.82) is 0 Å². The zero-order valence-corrected chi connectivity index (χ0v) is 14.1. The molecule has 0 N–H and O–H groups in total. The van der Waals surface area contributed by atoms with Crippen LogP contribution in [0.4, 0.5) is 35.1 Å². The van der Waals surface area contributed by atoms with E-state index in [4.69, 9.17) is 0 Å². The third-order valence-electron chi connectivity index (χ3n) is 1.92. The van der Waals surface area contributed by atoms with Crippen LogP contribution in [0.3, 0.4) is 0 Å². The molecule has 0 fully saturated rings. The summed E-state index contributed by atoms with van der Waals surface area (Å²) in [5.74, 6) is -14.5. The van der Waals surface area contributed by atoms with Gasteiger partial charge in [-0.25, -0.2) is 38.8 Å². The number of hydrogen-bond donors (Lipinski definition) is 0. The van der Waals surface area contributed by atoms with Crippen LogP contribution >= 0.6 is 0 Å². The van der Waals surface area contributed by atoms with Crippen LogP contribution in [-0.4, -0.2) is 22.3 Å². The number of benzene rings is 1. The molecule has 0 aliphatic carbocycles. The van der Waals surface area contributed by atoms with E-state index in [9.17, 15) is 52.0 Å². The van der Waals surface area contributed by atoms with Gasteiger partial charge in [-0.1, -0.05) is 0 Å². The van der Waals surface area contributed by atoms with Gasteiger partial charge in [0, 0.05) is 0 Å². The van der Waals surface area contributed by atoms with E-state index in [2.05, 4.69) is 0 Å². The minimum atomic E-state index is -6.81. The van der Waals surface area contributed by atoms with Gasteiger partial charge in [-0.05, 0) is 0 Å². The van der Waals surface area contributed by atoms with Crippen molar-refractivity contribution in [2.24, 2.45) is 0 Å². The van der Waals surface area contributed by atoms with Crippen molar-refractivity contribution < 1.29 is 81.5 Å². The van der Waals surface area contributed by atoms with Crippen LogP contribution in [0.5, 0.6) is 0 Å². The van der Waals surface area contributed by atoms with E-state index in [1.54, 1.807) is 0 Å². The SMILES string of the molecule is O=S(=O)([N-]S(=O)(=O)C(F)(F)F)c1c(F)c(F)c(F)c(F)c1F.[Na+]. The minimum absolute atomic E-state index is 0. The third kappa shape index (κ3) is 4.14. The fraction of sp³-hybridized carbons (Fsp3) is 0.143. The maximum atomic E-state index is 13.1. The van der Waals surface area contributed by atoms with E-state index in [-0.39, 0.29) is 29.6 Å². The molecule has 0 spiro atoms. The van der Waals surface area contributed by atoms with Gasteiger partial charge >= 0.3 is 35.1 Å². The van der Waals surface area contributed by atoms with Gasteiger partial charge < -0.3 is 4.13 Å². The summed E-state index contributed by atoms with van der Waals surface area (Å²) in [5.41, 5.74) is -6.27. The number of alkyl halides is 3. The second-order valence-electron chi connectivity index (χ2n) is 3.37. The molecule has 126 valence electrons. The third-order valence-corrected chi connectivity index (χ3v) is 4.95. The fourth-order valence-electron chi connectivity index (χ4n) is 1.02. The van der Waals surface area contributed by atoms with Crippen LogP contribution in [0.25, 0.3) is 4.13 Å². The van der Waals surface area contributed by atoms with Crippen molar-refractivity contribution in [3.05, 3.63) is 33.2 Å². The fourth-order valence-corrected chi connectivity index (χ4v) is 3.32. The van der Waals surface area contributed by atoms with Gasteiger partial charge in [-0.15, -0.1) is 0 Å². The van der Waals surface area contributed by atoms with Crippen molar-refractivity contribution in [2.75, 3.05) is 0 Å². The molecule has 0 aromatic heterocycles. The molecule has 1 aromatic carbocycles. The monoisotopic (exact) mass is 401 g/mol. The number of sulfonamides is 2. The summed E-state index contributed by atoms with van der Waals surface area (Å²) >= 11 is 0. The molecule has 0 aliphatic heterocycles. The summed E-state index contributed by atoms with van der Waals surface area (Å²) in [6.07, 6.45) is 0. The summed E-state index contributed by atoms with van der Waals surface area (Å²) in [4.78, 5) is -2.82. The molecule has 0 radical (unpaired) electrons. The Morgan fingerprint density at radius 3 is 1.30 bits per heavy atom. The average molecular weight is 401 g/mol. The topological polar surface area (TPSA) is 82.4 Å². The van der Waals surface area contributed by atoms with Crippen molar-refractivity contribution in [1.82, 2.24) is 0 Å². The maximum absolute atomic E-state index is 13.1. The van der Waals surface area contributed by atoms with E-state index in [0.717, 1.165) is 0 Å². The molecule has 1 rings (SSSR count). The molecule has 0 saturated heterocycles. The van der Waals surface area contributed by atoms with Crippen molar-refractivity contribution >= 4 is 20.0 Å². The van der Waals surface area contributed by atoms with Gasteiger partial charge in [-0.3, -0.25) is 0 Å². The van der Waals surface area contributed by atoms with Crippen molar-refractivity contribution in [3.8, 4) is 0 Å². The number of rotatable bonds is 3. The Labute approximate surface area is 145 Å². The Balaban J connectivity index is 0.00000484. The predicted molar refractivity (Wildman–Crippen MR) is 51.8 cm³/mol. The van der Waals surface area contributed by atoms with Crippen LogP contribution in [0.1, 0.15) is 0 Å². The molecule has 0 saturated carbocycles. The van der Waals surface area contributed by atoms with Gasteiger partial charge in [0.1, 0.15) is 14.9 Å². The molecular weight excluding hydrogens is 401 g/mol. The molecule has 0 unspecified atom stereocenters. The summed E-state index contributed by atoms with van der Waals surface area (Å²) in [6, 6.07) is 0. The molecule has 0 atom stereocenters. The van der Waals surface area contributed by atoms with Crippen LogP contribution in [0.2, 0.25) is 0 Å². The second kappa shape index (κ2) is 6.79. The van der Waals surface area contributed by atoms with E-state index in [1.165, 1.54) is 4.13 Å². The van der Waals surface area contributed by atoms with Crippen LogP contribution < -0.4 is 29.6 Å². The molecule has 23 heavy (non-hydrogen) atoms. The first kappa shape index (κ1) is 22.5. The Kier molecular flexibility index (Phi) is 6.65. The molecule has 0 bridgehead atoms. The van der Waals surface area contributed by atoms with E-state index in [0.29, 0.717) is 0 Å². The van der Waals surface area contributed by atoms with Crippen LogP contribution in [0.15, 0.2) is 4.90 Å². The zero-order chi connectivity index (χ0) is 17.7. The number of nitrogens with zero attached hydrogens (tertiary/aromatic N) is 1. The summed E-state index contributed by atoms with van der Waals surface area (Å²) in [6.45, 7) is 0. The van der Waals surface area contributed by atoms with Gasteiger partial charge in [0.05, 0.1) is 0 Å². The van der Waals surface area contributed by atoms with E-state index >= 15 is 0 Å². The Morgan fingerprint density at radius 2 is 1.00 bits per heavy atom. The number of halogens is 8. The minimum Gasteiger partial charge on any atom is -0.424 e. The van der Waals surface area contributed by atoms with Gasteiger partial charge in [0.15, 0.2) is 33.3 Å². The van der Waals surface area contributed by atoms with Gasteiger partial charge in [0.2, 0.25) is 5.82 Å². The number of hydrogen-bond acceptors (Lipinski definition) is 4. The Morgan fingerprint density at radius 1 is 0.696 bits per heavy atom. The second-order valence-corrected chi connectivity index (χ2v) is 6.74. The van der Waals surface area contributed by atoms with Gasteiger partial charge in [-0.2, -0.15) is 13.2 Å². The molecule has 5 nitrogen and oxygen atoms in total. The zero-order valence-electron chi connectivity index (χ0n) is 10.4. The first-order valence-electron chi connectivity index (χ1n) is 4.45. The molecule has 0 aliphatic rings. The Bertz CT molecular complexity index is 806. The standard InChI is InChI=1S/C7F8NO4S2.Na/c8-1-2(9)4(11)6(5(12)3(1)10)21(17,18)16-22(19,20)7(13,14)15;/q-1;+1. The van der Waals surface area contributed by atoms with Crippen LogP contribution in [0, 0.1) is 29.1 Å². The molecule has 0 amide bonds. The van der Waals surface area contributed by atoms with Crippen molar-refractivity contribution in [3.63, 3.8) is 0 Å². The summed E-state index contributed by atoms with van der Waals surface area (Å²) in [7, 11) is -13.2. The summed E-state index contributed by atoms with van der Waals surface area (Å²) < 4.78 is 145. The largest absolute Gasteiger partial charge is 1.00 e. The maximum Gasteiger partial charge on any atom is 1.00 e. The normalized spacial score (nSPS) is 12.9. The quantitative estimate of drug-likeness (QED) is 0.290. The molecular formula is C7F8NNaO4S2. The van der Waals surface area contributed by atoms with E-state index in [1.807, 2.05) is 0 Å². The molecule has 16 heteroatoms. The first-order chi connectivity index (χ1) is 9.63. The molecule has 1 aromatic rings. The van der Waals surface area contributed by atoms with Crippen molar-refractivity contribution in [2.45, 2.75) is 10.4 Å².